The van der Waals surface area contributed by atoms with Crippen molar-refractivity contribution < 1.29 is 0 Å². The fourth-order valence-electron chi connectivity index (χ4n) is 3.20. The van der Waals surface area contributed by atoms with Crippen LogP contribution < -0.4 is 5.32 Å². The number of nitrogens with one attached hydrogen (secondary N) is 1. The lowest BCUT2D eigenvalue weighted by atomic mass is 9.71. The van der Waals surface area contributed by atoms with E-state index >= 15 is 0 Å². The summed E-state index contributed by atoms with van der Waals surface area (Å²) in [5.41, 5.74) is 1.62. The monoisotopic (exact) mass is 260 g/mol. The van der Waals surface area contributed by atoms with Gasteiger partial charge in [0, 0.05) is 18.3 Å². The Balaban J connectivity index is 1.83. The summed E-state index contributed by atoms with van der Waals surface area (Å²) in [5, 5.41) is 3.74. The maximum absolute atomic E-state index is 4.44. The Morgan fingerprint density at radius 1 is 1.16 bits per heavy atom. The molecule has 0 aromatic carbocycles. The van der Waals surface area contributed by atoms with Crippen molar-refractivity contribution >= 4 is 0 Å². The minimum Gasteiger partial charge on any atom is -0.306 e. The summed E-state index contributed by atoms with van der Waals surface area (Å²) in [4.78, 5) is 4.44. The third kappa shape index (κ3) is 4.04. The van der Waals surface area contributed by atoms with Gasteiger partial charge in [-0.3, -0.25) is 4.98 Å². The average molecular weight is 260 g/mol. The zero-order valence-electron chi connectivity index (χ0n) is 12.8. The van der Waals surface area contributed by atoms with Crippen LogP contribution in [0.1, 0.15) is 65.1 Å². The molecule has 0 unspecified atom stereocenters. The van der Waals surface area contributed by atoms with Gasteiger partial charge in [0.15, 0.2) is 0 Å². The number of aromatic nitrogens is 1. The first kappa shape index (κ1) is 14.5. The van der Waals surface area contributed by atoms with Crippen LogP contribution in [0.5, 0.6) is 0 Å². The molecule has 1 aliphatic rings. The highest BCUT2D eigenvalue weighted by Crippen LogP contribution is 2.38. The van der Waals surface area contributed by atoms with Gasteiger partial charge in [0.2, 0.25) is 0 Å². The van der Waals surface area contributed by atoms with Gasteiger partial charge in [-0.25, -0.2) is 0 Å². The van der Waals surface area contributed by atoms with E-state index in [9.17, 15) is 0 Å². The highest BCUT2D eigenvalue weighted by atomic mass is 15.0. The minimum atomic E-state index is 0.359. The second-order valence-electron chi connectivity index (χ2n) is 7.06. The summed E-state index contributed by atoms with van der Waals surface area (Å²) < 4.78 is 0. The van der Waals surface area contributed by atoms with Crippen molar-refractivity contribution in [2.24, 2.45) is 11.3 Å². The summed E-state index contributed by atoms with van der Waals surface area (Å²) in [6.45, 7) is 9.35. The van der Waals surface area contributed by atoms with E-state index in [0.29, 0.717) is 17.5 Å². The fourth-order valence-corrected chi connectivity index (χ4v) is 3.20. The predicted octanol–water partition coefficient (Wildman–Crippen LogP) is 4.34. The molecule has 1 fully saturated rings. The Morgan fingerprint density at radius 2 is 1.84 bits per heavy atom. The predicted molar refractivity (Wildman–Crippen MR) is 81.0 cm³/mol. The molecule has 2 heteroatoms. The SMILES string of the molecule is C[C@@H](NC1CCC(C(C)(C)C)CC1)c1ccccn1. The molecule has 19 heavy (non-hydrogen) atoms. The first-order chi connectivity index (χ1) is 8.97. The average Bonchev–Trinajstić information content (AvgIpc) is 2.39. The van der Waals surface area contributed by atoms with Gasteiger partial charge in [0.05, 0.1) is 5.69 Å². The van der Waals surface area contributed by atoms with Crippen molar-refractivity contribution in [3.8, 4) is 0 Å². The molecule has 0 spiro atoms. The molecule has 1 saturated carbocycles. The third-order valence-corrected chi connectivity index (χ3v) is 4.57. The summed E-state index contributed by atoms with van der Waals surface area (Å²) >= 11 is 0. The van der Waals surface area contributed by atoms with Gasteiger partial charge in [0.25, 0.3) is 0 Å². The van der Waals surface area contributed by atoms with Crippen LogP contribution in [0.25, 0.3) is 0 Å². The standard InChI is InChI=1S/C17H28N2/c1-13(16-7-5-6-12-18-16)19-15-10-8-14(9-11-15)17(2,3)4/h5-7,12-15,19H,8-11H2,1-4H3/t13-,14?,15?/m1/s1. The van der Waals surface area contributed by atoms with Crippen LogP contribution in [0, 0.1) is 11.3 Å². The number of hydrogen-bond acceptors (Lipinski definition) is 2. The highest BCUT2D eigenvalue weighted by molar-refractivity contribution is 5.08. The van der Waals surface area contributed by atoms with Crippen molar-refractivity contribution in [2.75, 3.05) is 0 Å². The van der Waals surface area contributed by atoms with Gasteiger partial charge in [-0.15, -0.1) is 0 Å². The van der Waals surface area contributed by atoms with Gasteiger partial charge < -0.3 is 5.32 Å². The molecule has 1 aromatic heterocycles. The largest absolute Gasteiger partial charge is 0.306 e. The minimum absolute atomic E-state index is 0.359. The third-order valence-electron chi connectivity index (χ3n) is 4.57. The molecule has 0 aliphatic heterocycles. The molecule has 1 aromatic rings. The zero-order chi connectivity index (χ0) is 13.9. The van der Waals surface area contributed by atoms with E-state index in [0.717, 1.165) is 11.6 Å². The Labute approximate surface area is 118 Å². The highest BCUT2D eigenvalue weighted by Gasteiger charge is 2.30. The molecule has 1 N–H and O–H groups in total. The summed E-state index contributed by atoms with van der Waals surface area (Å²) in [7, 11) is 0. The fraction of sp³-hybridized carbons (Fsp3) is 0.706. The lowest BCUT2D eigenvalue weighted by Gasteiger charge is -2.38. The van der Waals surface area contributed by atoms with Crippen molar-refractivity contribution in [3.63, 3.8) is 0 Å². The van der Waals surface area contributed by atoms with Crippen LogP contribution >= 0.6 is 0 Å². The van der Waals surface area contributed by atoms with Gasteiger partial charge in [-0.1, -0.05) is 26.8 Å². The van der Waals surface area contributed by atoms with Crippen molar-refractivity contribution in [2.45, 2.75) is 65.5 Å². The van der Waals surface area contributed by atoms with Crippen LogP contribution in [0.3, 0.4) is 0 Å². The molecule has 2 nitrogen and oxygen atoms in total. The van der Waals surface area contributed by atoms with E-state index in [1.807, 2.05) is 12.3 Å². The van der Waals surface area contributed by atoms with Crippen molar-refractivity contribution in [1.82, 2.24) is 10.3 Å². The quantitative estimate of drug-likeness (QED) is 0.874. The Kier molecular flexibility index (Phi) is 4.62. The zero-order valence-corrected chi connectivity index (χ0v) is 12.8. The van der Waals surface area contributed by atoms with E-state index in [1.165, 1.54) is 25.7 Å². The molecule has 0 saturated heterocycles. The van der Waals surface area contributed by atoms with Crippen molar-refractivity contribution in [1.29, 1.82) is 0 Å². The van der Waals surface area contributed by atoms with Crippen LogP contribution in [0.2, 0.25) is 0 Å². The lowest BCUT2D eigenvalue weighted by Crippen LogP contribution is -2.37. The lowest BCUT2D eigenvalue weighted by molar-refractivity contribution is 0.156. The van der Waals surface area contributed by atoms with Gasteiger partial charge in [0.1, 0.15) is 0 Å². The molecular formula is C17H28N2. The molecule has 0 bridgehead atoms. The summed E-state index contributed by atoms with van der Waals surface area (Å²) in [5.74, 6) is 0.885. The second-order valence-corrected chi connectivity index (χ2v) is 7.06. The molecule has 0 amide bonds. The topological polar surface area (TPSA) is 24.9 Å². The molecule has 106 valence electrons. The Bertz CT molecular complexity index is 372. The first-order valence-corrected chi connectivity index (χ1v) is 7.64. The van der Waals surface area contributed by atoms with E-state index < -0.39 is 0 Å². The van der Waals surface area contributed by atoms with E-state index in [1.54, 1.807) is 0 Å². The van der Waals surface area contributed by atoms with Gasteiger partial charge >= 0.3 is 0 Å². The van der Waals surface area contributed by atoms with Crippen LogP contribution in [0.15, 0.2) is 24.4 Å². The number of pyridine rings is 1. The van der Waals surface area contributed by atoms with Crippen LogP contribution in [-0.4, -0.2) is 11.0 Å². The maximum Gasteiger partial charge on any atom is 0.0570 e. The van der Waals surface area contributed by atoms with Crippen LogP contribution in [0.4, 0.5) is 0 Å². The van der Waals surface area contributed by atoms with Gasteiger partial charge in [-0.2, -0.15) is 0 Å². The smallest absolute Gasteiger partial charge is 0.0570 e. The number of rotatable bonds is 3. The number of nitrogens with zero attached hydrogens (tertiary/aromatic N) is 1. The molecule has 1 aliphatic carbocycles. The maximum atomic E-state index is 4.44. The molecule has 0 radical (unpaired) electrons. The Hall–Kier alpha value is -0.890. The first-order valence-electron chi connectivity index (χ1n) is 7.64. The summed E-state index contributed by atoms with van der Waals surface area (Å²) in [6, 6.07) is 7.17. The molecular weight excluding hydrogens is 232 g/mol. The van der Waals surface area contributed by atoms with Crippen LogP contribution in [-0.2, 0) is 0 Å². The van der Waals surface area contributed by atoms with Crippen molar-refractivity contribution in [3.05, 3.63) is 30.1 Å². The summed E-state index contributed by atoms with van der Waals surface area (Å²) in [6.07, 6.45) is 7.20. The number of hydrogen-bond donors (Lipinski definition) is 1. The van der Waals surface area contributed by atoms with E-state index in [-0.39, 0.29) is 0 Å². The van der Waals surface area contributed by atoms with E-state index in [2.05, 4.69) is 50.1 Å². The molecule has 1 atom stereocenters. The molecule has 2 rings (SSSR count). The normalized spacial score (nSPS) is 26.1. The van der Waals surface area contributed by atoms with Gasteiger partial charge in [-0.05, 0) is 56.1 Å². The Morgan fingerprint density at radius 3 is 2.37 bits per heavy atom. The molecule has 1 heterocycles. The van der Waals surface area contributed by atoms with E-state index in [4.69, 9.17) is 0 Å². The second kappa shape index (κ2) is 6.04.